The Morgan fingerprint density at radius 1 is 1.00 bits per heavy atom. The number of benzene rings is 2. The largest absolute Gasteiger partial charge is 0.381 e. The highest BCUT2D eigenvalue weighted by atomic mass is 19.1. The van der Waals surface area contributed by atoms with Crippen molar-refractivity contribution in [3.05, 3.63) is 63.5 Å². The van der Waals surface area contributed by atoms with E-state index in [-0.39, 0.29) is 5.82 Å². The Labute approximate surface area is 125 Å². The standard InChI is InChI=1S/C18H19FN2/c1-11-5-13(3)16(6-12(11)2)10-21-18-8-15(9-20)7-17(19)14(18)4/h5-8,21H,10H2,1-4H3. The van der Waals surface area contributed by atoms with Crippen molar-refractivity contribution in [3.8, 4) is 6.07 Å². The van der Waals surface area contributed by atoms with Crippen LogP contribution in [0.15, 0.2) is 24.3 Å². The van der Waals surface area contributed by atoms with Crippen LogP contribution in [0.5, 0.6) is 0 Å². The van der Waals surface area contributed by atoms with Gasteiger partial charge < -0.3 is 5.32 Å². The summed E-state index contributed by atoms with van der Waals surface area (Å²) in [6.07, 6.45) is 0. The van der Waals surface area contributed by atoms with Crippen molar-refractivity contribution < 1.29 is 4.39 Å². The van der Waals surface area contributed by atoms with E-state index in [9.17, 15) is 4.39 Å². The van der Waals surface area contributed by atoms with Gasteiger partial charge in [0.05, 0.1) is 11.6 Å². The molecule has 0 aliphatic rings. The molecule has 0 fully saturated rings. The van der Waals surface area contributed by atoms with E-state index in [2.05, 4.69) is 38.2 Å². The molecule has 2 nitrogen and oxygen atoms in total. The highest BCUT2D eigenvalue weighted by molar-refractivity contribution is 5.56. The third-order valence-corrected chi connectivity index (χ3v) is 3.89. The Balaban J connectivity index is 2.27. The summed E-state index contributed by atoms with van der Waals surface area (Å²) in [4.78, 5) is 0. The zero-order chi connectivity index (χ0) is 15.6. The summed E-state index contributed by atoms with van der Waals surface area (Å²) in [5.74, 6) is -0.353. The lowest BCUT2D eigenvalue weighted by Gasteiger charge is -2.14. The first-order valence-corrected chi connectivity index (χ1v) is 6.93. The quantitative estimate of drug-likeness (QED) is 0.897. The Bertz CT molecular complexity index is 727. The van der Waals surface area contributed by atoms with E-state index in [0.717, 1.165) is 0 Å². The molecule has 0 aliphatic carbocycles. The van der Waals surface area contributed by atoms with Gasteiger partial charge in [-0.15, -0.1) is 0 Å². The van der Waals surface area contributed by atoms with E-state index in [1.807, 2.05) is 6.07 Å². The number of hydrogen-bond acceptors (Lipinski definition) is 2. The van der Waals surface area contributed by atoms with Crippen molar-refractivity contribution in [2.24, 2.45) is 0 Å². The second-order valence-corrected chi connectivity index (χ2v) is 5.46. The summed E-state index contributed by atoms with van der Waals surface area (Å²) < 4.78 is 13.8. The van der Waals surface area contributed by atoms with Crippen LogP contribution in [0.3, 0.4) is 0 Å². The lowest BCUT2D eigenvalue weighted by molar-refractivity contribution is 0.618. The molecule has 2 aromatic carbocycles. The maximum Gasteiger partial charge on any atom is 0.129 e. The number of halogens is 1. The van der Waals surface area contributed by atoms with Crippen molar-refractivity contribution in [2.75, 3.05) is 5.32 Å². The second kappa shape index (κ2) is 5.97. The van der Waals surface area contributed by atoms with Gasteiger partial charge in [-0.3, -0.25) is 0 Å². The predicted molar refractivity (Wildman–Crippen MR) is 83.8 cm³/mol. The van der Waals surface area contributed by atoms with Gasteiger partial charge in [0.2, 0.25) is 0 Å². The van der Waals surface area contributed by atoms with Crippen molar-refractivity contribution in [1.82, 2.24) is 0 Å². The van der Waals surface area contributed by atoms with Crippen LogP contribution in [-0.4, -0.2) is 0 Å². The maximum atomic E-state index is 13.8. The maximum absolute atomic E-state index is 13.8. The van der Waals surface area contributed by atoms with E-state index < -0.39 is 0 Å². The molecule has 0 spiro atoms. The molecule has 0 saturated carbocycles. The van der Waals surface area contributed by atoms with Gasteiger partial charge in [-0.05, 0) is 62.1 Å². The zero-order valence-corrected chi connectivity index (χ0v) is 12.8. The monoisotopic (exact) mass is 282 g/mol. The predicted octanol–water partition coefficient (Wildman–Crippen LogP) is 4.54. The van der Waals surface area contributed by atoms with Gasteiger partial charge in [-0.2, -0.15) is 5.26 Å². The summed E-state index contributed by atoms with van der Waals surface area (Å²) in [7, 11) is 0. The first kappa shape index (κ1) is 15.1. The topological polar surface area (TPSA) is 35.8 Å². The van der Waals surface area contributed by atoms with Gasteiger partial charge in [-0.25, -0.2) is 4.39 Å². The third-order valence-electron chi connectivity index (χ3n) is 3.89. The molecular weight excluding hydrogens is 263 g/mol. The average Bonchev–Trinajstić information content (AvgIpc) is 2.45. The van der Waals surface area contributed by atoms with Crippen LogP contribution in [0, 0.1) is 44.8 Å². The Morgan fingerprint density at radius 3 is 2.33 bits per heavy atom. The number of rotatable bonds is 3. The molecule has 0 bridgehead atoms. The van der Waals surface area contributed by atoms with Gasteiger partial charge in [0.1, 0.15) is 5.82 Å². The molecule has 0 aromatic heterocycles. The SMILES string of the molecule is Cc1cc(C)c(CNc2cc(C#N)cc(F)c2C)cc1C. The van der Waals surface area contributed by atoms with Crippen LogP contribution in [0.4, 0.5) is 10.1 Å². The van der Waals surface area contributed by atoms with Gasteiger partial charge in [0, 0.05) is 17.8 Å². The molecule has 0 unspecified atom stereocenters. The minimum absolute atomic E-state index is 0.331. The summed E-state index contributed by atoms with van der Waals surface area (Å²) in [6, 6.07) is 9.25. The molecule has 0 saturated heterocycles. The Kier molecular flexibility index (Phi) is 4.28. The fourth-order valence-corrected chi connectivity index (χ4v) is 2.33. The first-order chi connectivity index (χ1) is 9.92. The lowest BCUT2D eigenvalue weighted by atomic mass is 10.0. The number of nitriles is 1. The first-order valence-electron chi connectivity index (χ1n) is 6.93. The fourth-order valence-electron chi connectivity index (χ4n) is 2.33. The number of hydrogen-bond donors (Lipinski definition) is 1. The molecule has 2 rings (SSSR count). The summed E-state index contributed by atoms with van der Waals surface area (Å²) in [6.45, 7) is 8.58. The van der Waals surface area contributed by atoms with Crippen molar-refractivity contribution >= 4 is 5.69 Å². The molecular formula is C18H19FN2. The number of nitrogens with one attached hydrogen (secondary N) is 1. The Morgan fingerprint density at radius 2 is 1.67 bits per heavy atom. The Hall–Kier alpha value is -2.34. The molecule has 0 radical (unpaired) electrons. The zero-order valence-electron chi connectivity index (χ0n) is 12.8. The van der Waals surface area contributed by atoms with Crippen LogP contribution in [0.2, 0.25) is 0 Å². The van der Waals surface area contributed by atoms with E-state index in [1.54, 1.807) is 13.0 Å². The second-order valence-electron chi connectivity index (χ2n) is 5.46. The van der Waals surface area contributed by atoms with Gasteiger partial charge in [0.25, 0.3) is 0 Å². The molecule has 0 aliphatic heterocycles. The van der Waals surface area contributed by atoms with E-state index in [1.165, 1.54) is 28.3 Å². The van der Waals surface area contributed by atoms with Crippen LogP contribution >= 0.6 is 0 Å². The molecule has 3 heteroatoms. The molecule has 2 aromatic rings. The molecule has 0 heterocycles. The van der Waals surface area contributed by atoms with Crippen LogP contribution in [0.25, 0.3) is 0 Å². The molecule has 21 heavy (non-hydrogen) atoms. The number of anilines is 1. The highest BCUT2D eigenvalue weighted by Gasteiger charge is 2.08. The van der Waals surface area contributed by atoms with Crippen molar-refractivity contribution in [3.63, 3.8) is 0 Å². The van der Waals surface area contributed by atoms with E-state index in [0.29, 0.717) is 23.4 Å². The van der Waals surface area contributed by atoms with Crippen LogP contribution < -0.4 is 5.32 Å². The fraction of sp³-hybridized carbons (Fsp3) is 0.278. The lowest BCUT2D eigenvalue weighted by Crippen LogP contribution is -2.05. The third kappa shape index (κ3) is 3.22. The van der Waals surface area contributed by atoms with Crippen LogP contribution in [-0.2, 0) is 6.54 Å². The van der Waals surface area contributed by atoms with Gasteiger partial charge in [-0.1, -0.05) is 12.1 Å². The molecule has 0 amide bonds. The minimum Gasteiger partial charge on any atom is -0.381 e. The molecule has 1 N–H and O–H groups in total. The van der Waals surface area contributed by atoms with E-state index in [4.69, 9.17) is 5.26 Å². The summed E-state index contributed by atoms with van der Waals surface area (Å²) in [5.41, 5.74) is 6.44. The number of nitrogens with zero attached hydrogens (tertiary/aromatic N) is 1. The van der Waals surface area contributed by atoms with Crippen molar-refractivity contribution in [2.45, 2.75) is 34.2 Å². The smallest absolute Gasteiger partial charge is 0.129 e. The number of aryl methyl sites for hydroxylation is 3. The van der Waals surface area contributed by atoms with E-state index >= 15 is 0 Å². The summed E-state index contributed by atoms with van der Waals surface area (Å²) >= 11 is 0. The van der Waals surface area contributed by atoms with Crippen molar-refractivity contribution in [1.29, 1.82) is 5.26 Å². The van der Waals surface area contributed by atoms with Gasteiger partial charge in [0.15, 0.2) is 0 Å². The van der Waals surface area contributed by atoms with Gasteiger partial charge >= 0.3 is 0 Å². The van der Waals surface area contributed by atoms with Crippen LogP contribution in [0.1, 0.15) is 33.4 Å². The average molecular weight is 282 g/mol. The molecule has 108 valence electrons. The summed E-state index contributed by atoms with van der Waals surface area (Å²) in [5, 5.41) is 12.2. The highest BCUT2D eigenvalue weighted by Crippen LogP contribution is 2.22. The normalized spacial score (nSPS) is 10.3. The minimum atomic E-state index is -0.353. The molecule has 0 atom stereocenters.